The number of aryl methyl sites for hydroxylation is 1. The summed E-state index contributed by atoms with van der Waals surface area (Å²) in [6, 6.07) is 12.0. The van der Waals surface area contributed by atoms with Gasteiger partial charge < -0.3 is 19.0 Å². The van der Waals surface area contributed by atoms with Gasteiger partial charge in [-0.2, -0.15) is 0 Å². The zero-order valence-corrected chi connectivity index (χ0v) is 21.2. The number of rotatable bonds is 8. The fraction of sp³-hybridized carbons (Fsp3) is 0.280. The number of aromatic hydroxyl groups is 1. The summed E-state index contributed by atoms with van der Waals surface area (Å²) in [5, 5.41) is 11.7. The number of hydrogen-bond acceptors (Lipinski definition) is 5. The van der Waals surface area contributed by atoms with Crippen molar-refractivity contribution in [2.45, 2.75) is 25.6 Å². The van der Waals surface area contributed by atoms with Gasteiger partial charge in [-0.15, -0.1) is 11.8 Å². The van der Waals surface area contributed by atoms with Crippen LogP contribution in [-0.2, 0) is 18.3 Å². The molecule has 4 rings (SSSR count). The highest BCUT2D eigenvalue weighted by Crippen LogP contribution is 2.45. The van der Waals surface area contributed by atoms with E-state index in [9.17, 15) is 9.90 Å². The molecule has 4 aromatic rings. The highest BCUT2D eigenvalue weighted by Gasteiger charge is 2.31. The quantitative estimate of drug-likeness (QED) is 0.288. The van der Waals surface area contributed by atoms with Crippen LogP contribution in [0.2, 0.25) is 0 Å². The first-order chi connectivity index (χ1) is 16.0. The summed E-state index contributed by atoms with van der Waals surface area (Å²) in [4.78, 5) is 17.5. The molecule has 0 fully saturated rings. The topological polar surface area (TPSA) is 69.3 Å². The molecule has 2 aromatic carbocycles. The van der Waals surface area contributed by atoms with Crippen molar-refractivity contribution < 1.29 is 14.6 Å². The second-order valence-corrected chi connectivity index (χ2v) is 9.84. The molecule has 0 aliphatic heterocycles. The van der Waals surface area contributed by atoms with Crippen molar-refractivity contribution in [3.8, 4) is 5.75 Å². The summed E-state index contributed by atoms with van der Waals surface area (Å²) < 4.78 is 10.0. The molecule has 8 heteroatoms. The SMILES string of the molecule is CCOC(=O)c1c(C(SCC)c2ccccc2)n(C)c2cc(Br)c(O)c(Cn3ccnc3)c12. The van der Waals surface area contributed by atoms with E-state index in [1.807, 2.05) is 42.1 Å². The van der Waals surface area contributed by atoms with E-state index in [1.54, 1.807) is 31.2 Å². The van der Waals surface area contributed by atoms with E-state index in [4.69, 9.17) is 4.74 Å². The van der Waals surface area contributed by atoms with Gasteiger partial charge in [-0.3, -0.25) is 0 Å². The first-order valence-corrected chi connectivity index (χ1v) is 12.6. The molecule has 0 saturated carbocycles. The highest BCUT2D eigenvalue weighted by atomic mass is 79.9. The fourth-order valence-corrected chi connectivity index (χ4v) is 5.78. The van der Waals surface area contributed by atoms with Gasteiger partial charge in [0.2, 0.25) is 0 Å². The number of carbonyl (C=O) groups excluding carboxylic acids is 1. The molecule has 1 atom stereocenters. The molecule has 2 aromatic heterocycles. The van der Waals surface area contributed by atoms with Crippen LogP contribution in [0.15, 0.2) is 59.6 Å². The van der Waals surface area contributed by atoms with E-state index < -0.39 is 0 Å². The van der Waals surface area contributed by atoms with Crippen molar-refractivity contribution >= 4 is 44.6 Å². The smallest absolute Gasteiger partial charge is 0.340 e. The number of halogens is 1. The third-order valence-corrected chi connectivity index (χ3v) is 7.39. The number of hydrogen-bond donors (Lipinski definition) is 1. The average molecular weight is 528 g/mol. The number of ether oxygens (including phenoxy) is 1. The van der Waals surface area contributed by atoms with E-state index in [0.29, 0.717) is 27.5 Å². The molecular formula is C25H26BrN3O3S. The third-order valence-electron chi connectivity index (χ3n) is 5.63. The number of fused-ring (bicyclic) bond motifs is 1. The number of esters is 1. The number of phenols is 1. The summed E-state index contributed by atoms with van der Waals surface area (Å²) in [7, 11) is 1.97. The fourth-order valence-electron chi connectivity index (χ4n) is 4.21. The second-order valence-electron chi connectivity index (χ2n) is 7.60. The molecule has 0 bridgehead atoms. The van der Waals surface area contributed by atoms with Crippen molar-refractivity contribution in [1.82, 2.24) is 14.1 Å². The van der Waals surface area contributed by atoms with Gasteiger partial charge in [0.1, 0.15) is 5.75 Å². The van der Waals surface area contributed by atoms with Crippen LogP contribution in [0.1, 0.15) is 46.3 Å². The van der Waals surface area contributed by atoms with Crippen molar-refractivity contribution in [3.63, 3.8) is 0 Å². The van der Waals surface area contributed by atoms with Crippen LogP contribution in [0.4, 0.5) is 0 Å². The molecule has 0 aliphatic rings. The minimum Gasteiger partial charge on any atom is -0.506 e. The monoisotopic (exact) mass is 527 g/mol. The Kier molecular flexibility index (Phi) is 7.14. The lowest BCUT2D eigenvalue weighted by atomic mass is 10.0. The minimum absolute atomic E-state index is 0.0741. The Labute approximate surface area is 205 Å². The van der Waals surface area contributed by atoms with E-state index in [-0.39, 0.29) is 23.6 Å². The molecule has 0 spiro atoms. The van der Waals surface area contributed by atoms with Gasteiger partial charge in [-0.05, 0) is 40.2 Å². The van der Waals surface area contributed by atoms with Crippen molar-refractivity contribution in [1.29, 1.82) is 0 Å². The molecular weight excluding hydrogens is 502 g/mol. The first kappa shape index (κ1) is 23.4. The molecule has 6 nitrogen and oxygen atoms in total. The number of nitrogens with zero attached hydrogens (tertiary/aromatic N) is 3. The molecule has 1 N–H and O–H groups in total. The van der Waals surface area contributed by atoms with Crippen LogP contribution in [0.25, 0.3) is 10.9 Å². The number of benzene rings is 2. The van der Waals surface area contributed by atoms with E-state index >= 15 is 0 Å². The van der Waals surface area contributed by atoms with Crippen LogP contribution in [0.3, 0.4) is 0 Å². The molecule has 0 radical (unpaired) electrons. The highest BCUT2D eigenvalue weighted by molar-refractivity contribution is 9.10. The maximum atomic E-state index is 13.4. The summed E-state index contributed by atoms with van der Waals surface area (Å²) in [5.41, 5.74) is 3.98. The van der Waals surface area contributed by atoms with Gasteiger partial charge >= 0.3 is 5.97 Å². The maximum Gasteiger partial charge on any atom is 0.340 e. The number of imidazole rings is 1. The Hall–Kier alpha value is -2.71. The molecule has 172 valence electrons. The summed E-state index contributed by atoms with van der Waals surface area (Å²) in [6.45, 7) is 4.55. The van der Waals surface area contributed by atoms with E-state index in [1.165, 1.54) is 0 Å². The predicted octanol–water partition coefficient (Wildman–Crippen LogP) is 5.91. The van der Waals surface area contributed by atoms with Gasteiger partial charge in [0.15, 0.2) is 0 Å². The largest absolute Gasteiger partial charge is 0.506 e. The second kappa shape index (κ2) is 10.1. The molecule has 1 unspecified atom stereocenters. The van der Waals surface area contributed by atoms with E-state index in [0.717, 1.165) is 22.5 Å². The van der Waals surface area contributed by atoms with Gasteiger partial charge in [-0.25, -0.2) is 9.78 Å². The normalized spacial score (nSPS) is 12.2. The van der Waals surface area contributed by atoms with Gasteiger partial charge in [0.05, 0.1) is 46.0 Å². The first-order valence-electron chi connectivity index (χ1n) is 10.8. The van der Waals surface area contributed by atoms with Gasteiger partial charge in [0, 0.05) is 30.4 Å². The van der Waals surface area contributed by atoms with Crippen LogP contribution in [0, 0.1) is 0 Å². The Balaban J connectivity index is 2.07. The third kappa shape index (κ3) is 4.42. The number of thioether (sulfide) groups is 1. The standard InChI is InChI=1S/C25H26BrN3O3S/c1-4-32-25(31)21-20-17(14-29-12-11-27-15-29)23(30)18(26)13-19(20)28(3)22(21)24(33-5-2)16-9-7-6-8-10-16/h6-13,15,24,30H,4-5,14H2,1-3H3. The lowest BCUT2D eigenvalue weighted by Crippen LogP contribution is -2.13. The Morgan fingerprint density at radius 2 is 2.03 bits per heavy atom. The lowest BCUT2D eigenvalue weighted by Gasteiger charge is -2.19. The van der Waals surface area contributed by atoms with Crippen LogP contribution in [-0.4, -0.2) is 37.6 Å². The summed E-state index contributed by atoms with van der Waals surface area (Å²) >= 11 is 5.27. The van der Waals surface area contributed by atoms with E-state index in [2.05, 4.69) is 44.5 Å². The molecule has 0 aliphatic carbocycles. The Bertz CT molecular complexity index is 1270. The molecule has 33 heavy (non-hydrogen) atoms. The minimum atomic E-state index is -0.385. The number of phenolic OH excluding ortho intramolecular Hbond substituents is 1. The van der Waals surface area contributed by atoms with Crippen LogP contribution >= 0.6 is 27.7 Å². The number of aromatic nitrogens is 3. The van der Waals surface area contributed by atoms with Gasteiger partial charge in [-0.1, -0.05) is 37.3 Å². The molecule has 0 amide bonds. The van der Waals surface area contributed by atoms with Crippen molar-refractivity contribution in [3.05, 3.63) is 82.0 Å². The zero-order valence-electron chi connectivity index (χ0n) is 18.8. The van der Waals surface area contributed by atoms with Gasteiger partial charge in [0.25, 0.3) is 0 Å². The van der Waals surface area contributed by atoms with Crippen LogP contribution < -0.4 is 0 Å². The molecule has 0 saturated heterocycles. The summed E-state index contributed by atoms with van der Waals surface area (Å²) in [6.07, 6.45) is 5.22. The summed E-state index contributed by atoms with van der Waals surface area (Å²) in [5.74, 6) is 0.600. The Morgan fingerprint density at radius 1 is 1.27 bits per heavy atom. The maximum absolute atomic E-state index is 13.4. The number of carbonyl (C=O) groups is 1. The lowest BCUT2D eigenvalue weighted by molar-refractivity contribution is 0.0527. The average Bonchev–Trinajstić information content (AvgIpc) is 3.42. The Morgan fingerprint density at radius 3 is 2.67 bits per heavy atom. The zero-order chi connectivity index (χ0) is 23.5. The van der Waals surface area contributed by atoms with Crippen LogP contribution in [0.5, 0.6) is 5.75 Å². The molecule has 2 heterocycles. The van der Waals surface area contributed by atoms with Crippen molar-refractivity contribution in [2.75, 3.05) is 12.4 Å². The van der Waals surface area contributed by atoms with Crippen molar-refractivity contribution in [2.24, 2.45) is 7.05 Å². The predicted molar refractivity (Wildman–Crippen MR) is 136 cm³/mol.